The normalized spacial score (nSPS) is 15.9. The third kappa shape index (κ3) is 5.67. The number of aliphatic hydroxyl groups is 1. The number of amides is 1. The lowest BCUT2D eigenvalue weighted by Crippen LogP contribution is -2.46. The third-order valence-electron chi connectivity index (χ3n) is 5.27. The van der Waals surface area contributed by atoms with Crippen LogP contribution in [0.25, 0.3) is 0 Å². The van der Waals surface area contributed by atoms with Gasteiger partial charge in [0, 0.05) is 23.1 Å². The Labute approximate surface area is 200 Å². The molecule has 1 aliphatic heterocycles. The number of rotatable bonds is 4. The van der Waals surface area contributed by atoms with Crippen LogP contribution in [0.5, 0.6) is 0 Å². The number of ether oxygens (including phenoxy) is 1. The minimum atomic E-state index is -1.66. The number of benzene rings is 2. The average molecular weight is 512 g/mol. The number of piperidine rings is 1. The maximum absolute atomic E-state index is 12.3. The van der Waals surface area contributed by atoms with E-state index in [9.17, 15) is 9.90 Å². The predicted octanol–water partition coefficient (Wildman–Crippen LogP) is 6.45. The van der Waals surface area contributed by atoms with E-state index in [-0.39, 0.29) is 12.5 Å². The van der Waals surface area contributed by atoms with Crippen molar-refractivity contribution in [3.05, 3.63) is 69.7 Å². The van der Waals surface area contributed by atoms with Gasteiger partial charge in [-0.25, -0.2) is 4.79 Å². The van der Waals surface area contributed by atoms with Crippen LogP contribution in [-0.4, -0.2) is 39.6 Å². The molecule has 0 atom stereocenters. The van der Waals surface area contributed by atoms with Crippen molar-refractivity contribution < 1.29 is 14.6 Å². The number of hydrogen-bond donors (Lipinski definition) is 1. The summed E-state index contributed by atoms with van der Waals surface area (Å²) in [5.41, 5.74) is 0.195. The standard InChI is InChI=1S/C21H20Cl5NO3/c22-17-5-1-14(2-6-17)21(29,15-3-7-18(23)8-4-15)16-9-11-27(12-10-16)19(28)30-13-20(24,25)26/h1-8,16,29H,9-13H2. The molecule has 1 saturated heterocycles. The van der Waals surface area contributed by atoms with Crippen LogP contribution in [0.1, 0.15) is 24.0 Å². The van der Waals surface area contributed by atoms with E-state index < -0.39 is 15.5 Å². The van der Waals surface area contributed by atoms with Gasteiger partial charge in [-0.2, -0.15) is 0 Å². The van der Waals surface area contributed by atoms with Crippen molar-refractivity contribution in [1.82, 2.24) is 4.90 Å². The van der Waals surface area contributed by atoms with Gasteiger partial charge in [-0.05, 0) is 54.2 Å². The summed E-state index contributed by atoms with van der Waals surface area (Å²) in [5, 5.41) is 13.1. The Morgan fingerprint density at radius 2 is 1.37 bits per heavy atom. The van der Waals surface area contributed by atoms with Crippen LogP contribution in [0.15, 0.2) is 48.5 Å². The number of nitrogens with zero attached hydrogens (tertiary/aromatic N) is 1. The van der Waals surface area contributed by atoms with Crippen molar-refractivity contribution in [2.24, 2.45) is 5.92 Å². The predicted molar refractivity (Wildman–Crippen MR) is 122 cm³/mol. The highest BCUT2D eigenvalue weighted by molar-refractivity contribution is 6.67. The number of alkyl halides is 3. The summed E-state index contributed by atoms with van der Waals surface area (Å²) in [7, 11) is 0. The maximum atomic E-state index is 12.3. The molecule has 0 spiro atoms. The van der Waals surface area contributed by atoms with E-state index in [1.54, 1.807) is 29.2 Å². The molecular weight excluding hydrogens is 492 g/mol. The van der Waals surface area contributed by atoms with Crippen molar-refractivity contribution in [3.63, 3.8) is 0 Å². The molecule has 3 rings (SSSR count). The molecule has 2 aromatic rings. The van der Waals surface area contributed by atoms with Gasteiger partial charge in [0.05, 0.1) is 0 Å². The van der Waals surface area contributed by atoms with Gasteiger partial charge in [0.15, 0.2) is 0 Å². The van der Waals surface area contributed by atoms with Crippen molar-refractivity contribution >= 4 is 64.1 Å². The van der Waals surface area contributed by atoms with E-state index >= 15 is 0 Å². The van der Waals surface area contributed by atoms with Crippen LogP contribution in [-0.2, 0) is 10.3 Å². The molecule has 1 aliphatic rings. The maximum Gasteiger partial charge on any atom is 0.409 e. The lowest BCUT2D eigenvalue weighted by atomic mass is 9.72. The van der Waals surface area contributed by atoms with Crippen LogP contribution in [0.4, 0.5) is 4.79 Å². The molecule has 1 N–H and O–H groups in total. The number of likely N-dealkylation sites (tertiary alicyclic amines) is 1. The Bertz CT molecular complexity index is 814. The van der Waals surface area contributed by atoms with Gasteiger partial charge in [0.1, 0.15) is 12.2 Å². The molecule has 1 heterocycles. The number of carbonyl (C=O) groups excluding carboxylic acids is 1. The van der Waals surface area contributed by atoms with Crippen LogP contribution in [0.3, 0.4) is 0 Å². The first-order chi connectivity index (χ1) is 14.1. The fourth-order valence-electron chi connectivity index (χ4n) is 3.76. The number of carbonyl (C=O) groups is 1. The van der Waals surface area contributed by atoms with Crippen LogP contribution in [0, 0.1) is 5.92 Å². The van der Waals surface area contributed by atoms with Gasteiger partial charge in [-0.3, -0.25) is 0 Å². The zero-order chi connectivity index (χ0) is 21.9. The first-order valence-electron chi connectivity index (χ1n) is 9.32. The van der Waals surface area contributed by atoms with Gasteiger partial charge in [-0.15, -0.1) is 0 Å². The van der Waals surface area contributed by atoms with E-state index in [1.165, 1.54) is 0 Å². The fraction of sp³-hybridized carbons (Fsp3) is 0.381. The molecule has 0 saturated carbocycles. The molecule has 0 radical (unpaired) electrons. The second-order valence-electron chi connectivity index (χ2n) is 7.21. The van der Waals surface area contributed by atoms with Gasteiger partial charge in [-0.1, -0.05) is 82.3 Å². The minimum absolute atomic E-state index is 0.142. The highest BCUT2D eigenvalue weighted by Gasteiger charge is 2.42. The molecular formula is C21H20Cl5NO3. The van der Waals surface area contributed by atoms with Crippen molar-refractivity contribution in [1.29, 1.82) is 0 Å². The van der Waals surface area contributed by atoms with Crippen molar-refractivity contribution in [2.75, 3.05) is 19.7 Å². The smallest absolute Gasteiger partial charge is 0.409 e. The summed E-state index contributed by atoms with van der Waals surface area (Å²) in [6, 6.07) is 14.3. The Hall–Kier alpha value is -0.880. The quantitative estimate of drug-likeness (QED) is 0.480. The zero-order valence-electron chi connectivity index (χ0n) is 15.8. The number of hydrogen-bond acceptors (Lipinski definition) is 3. The molecule has 30 heavy (non-hydrogen) atoms. The monoisotopic (exact) mass is 509 g/mol. The molecule has 0 unspecified atom stereocenters. The van der Waals surface area contributed by atoms with E-state index in [0.29, 0.717) is 36.0 Å². The highest BCUT2D eigenvalue weighted by Crippen LogP contribution is 2.42. The van der Waals surface area contributed by atoms with Crippen LogP contribution < -0.4 is 0 Å². The SMILES string of the molecule is O=C(OCC(Cl)(Cl)Cl)N1CCC(C(O)(c2ccc(Cl)cc2)c2ccc(Cl)cc2)CC1. The van der Waals surface area contributed by atoms with E-state index in [1.807, 2.05) is 24.3 Å². The Morgan fingerprint density at radius 3 is 1.77 bits per heavy atom. The first kappa shape index (κ1) is 23.8. The largest absolute Gasteiger partial charge is 0.445 e. The molecule has 0 aliphatic carbocycles. The summed E-state index contributed by atoms with van der Waals surface area (Å²) >= 11 is 29.0. The summed E-state index contributed by atoms with van der Waals surface area (Å²) in [6.07, 6.45) is 0.580. The zero-order valence-corrected chi connectivity index (χ0v) is 19.6. The molecule has 2 aromatic carbocycles. The van der Waals surface area contributed by atoms with E-state index in [4.69, 9.17) is 62.7 Å². The van der Waals surface area contributed by atoms with E-state index in [0.717, 1.165) is 11.1 Å². The first-order valence-corrected chi connectivity index (χ1v) is 11.2. The topological polar surface area (TPSA) is 49.8 Å². The molecule has 1 amide bonds. The summed E-state index contributed by atoms with van der Waals surface area (Å²) in [4.78, 5) is 13.8. The summed E-state index contributed by atoms with van der Waals surface area (Å²) in [6.45, 7) is 0.496. The Kier molecular flexibility index (Phi) is 7.71. The summed E-state index contributed by atoms with van der Waals surface area (Å²) < 4.78 is 3.41. The highest BCUT2D eigenvalue weighted by atomic mass is 35.6. The molecule has 162 valence electrons. The molecule has 0 aromatic heterocycles. The fourth-order valence-corrected chi connectivity index (χ4v) is 4.18. The molecule has 9 heteroatoms. The van der Waals surface area contributed by atoms with Crippen LogP contribution in [0.2, 0.25) is 10.0 Å². The van der Waals surface area contributed by atoms with Gasteiger partial charge in [0.25, 0.3) is 0 Å². The third-order valence-corrected chi connectivity index (χ3v) is 6.10. The molecule has 0 bridgehead atoms. The lowest BCUT2D eigenvalue weighted by molar-refractivity contribution is -0.0143. The second kappa shape index (κ2) is 9.72. The minimum Gasteiger partial charge on any atom is -0.445 e. The number of halogens is 5. The lowest BCUT2D eigenvalue weighted by Gasteiger charge is -2.42. The van der Waals surface area contributed by atoms with Gasteiger partial charge in [0.2, 0.25) is 3.79 Å². The van der Waals surface area contributed by atoms with Gasteiger partial charge >= 0.3 is 6.09 Å². The second-order valence-corrected chi connectivity index (χ2v) is 10.6. The van der Waals surface area contributed by atoms with Crippen LogP contribution >= 0.6 is 58.0 Å². The summed E-state index contributed by atoms with van der Waals surface area (Å²) in [5.74, 6) is -0.142. The Balaban J connectivity index is 1.80. The van der Waals surface area contributed by atoms with Crippen molar-refractivity contribution in [2.45, 2.75) is 22.2 Å². The molecule has 4 nitrogen and oxygen atoms in total. The average Bonchev–Trinajstić information content (AvgIpc) is 2.72. The van der Waals surface area contributed by atoms with E-state index in [2.05, 4.69) is 0 Å². The van der Waals surface area contributed by atoms with Gasteiger partial charge < -0.3 is 14.7 Å². The van der Waals surface area contributed by atoms with Crippen molar-refractivity contribution in [3.8, 4) is 0 Å². The molecule has 1 fully saturated rings. The Morgan fingerprint density at radius 1 is 0.933 bits per heavy atom.